The quantitative estimate of drug-likeness (QED) is 0.592. The summed E-state index contributed by atoms with van der Waals surface area (Å²) in [6.07, 6.45) is 4.03. The molecule has 0 radical (unpaired) electrons. The minimum atomic E-state index is -0.621. The largest absolute Gasteiger partial charge is 0.481 e. The predicted octanol–water partition coefficient (Wildman–Crippen LogP) is 5.00. The first-order valence-corrected chi connectivity index (χ1v) is 11.3. The normalized spacial score (nSPS) is 14.5. The Morgan fingerprint density at radius 1 is 1.09 bits per heavy atom. The second-order valence-corrected chi connectivity index (χ2v) is 9.45. The van der Waals surface area contributed by atoms with Crippen molar-refractivity contribution in [3.8, 4) is 17.1 Å². The van der Waals surface area contributed by atoms with Gasteiger partial charge in [-0.25, -0.2) is 0 Å². The molecule has 0 saturated heterocycles. The molecule has 1 amide bonds. The van der Waals surface area contributed by atoms with Crippen LogP contribution in [0.1, 0.15) is 63.1 Å². The van der Waals surface area contributed by atoms with Crippen molar-refractivity contribution >= 4 is 5.91 Å². The molecular formula is C26H31N3O3. The van der Waals surface area contributed by atoms with Crippen molar-refractivity contribution in [1.82, 2.24) is 15.5 Å². The Balaban J connectivity index is 1.32. The van der Waals surface area contributed by atoms with Crippen molar-refractivity contribution in [2.24, 2.45) is 0 Å². The zero-order valence-corrected chi connectivity index (χ0v) is 19.3. The highest BCUT2D eigenvalue weighted by Gasteiger charge is 2.18. The van der Waals surface area contributed by atoms with E-state index in [2.05, 4.69) is 60.5 Å². The van der Waals surface area contributed by atoms with Gasteiger partial charge in [0.05, 0.1) is 6.54 Å². The van der Waals surface area contributed by atoms with Gasteiger partial charge in [-0.2, -0.15) is 4.98 Å². The molecule has 4 rings (SSSR count). The van der Waals surface area contributed by atoms with Gasteiger partial charge in [-0.1, -0.05) is 56.3 Å². The molecule has 0 bridgehead atoms. The second kappa shape index (κ2) is 9.15. The highest BCUT2D eigenvalue weighted by atomic mass is 16.5. The SMILES string of the molecule is CC(Oc1ccc2c(c1)CCCC2)C(=O)NCc1nc(-c2ccc(C(C)(C)C)cc2)no1. The zero-order valence-electron chi connectivity index (χ0n) is 19.3. The van der Waals surface area contributed by atoms with Gasteiger partial charge in [-0.05, 0) is 66.8 Å². The molecule has 6 nitrogen and oxygen atoms in total. The van der Waals surface area contributed by atoms with E-state index < -0.39 is 6.10 Å². The van der Waals surface area contributed by atoms with Crippen LogP contribution in [0, 0.1) is 0 Å². The Morgan fingerprint density at radius 2 is 1.81 bits per heavy atom. The Kier molecular flexibility index (Phi) is 6.31. The average molecular weight is 434 g/mol. The van der Waals surface area contributed by atoms with Crippen LogP contribution in [0.3, 0.4) is 0 Å². The van der Waals surface area contributed by atoms with Crippen LogP contribution < -0.4 is 10.1 Å². The van der Waals surface area contributed by atoms with E-state index in [1.807, 2.05) is 18.2 Å². The number of benzene rings is 2. The summed E-state index contributed by atoms with van der Waals surface area (Å²) in [6.45, 7) is 8.42. The van der Waals surface area contributed by atoms with Gasteiger partial charge >= 0.3 is 0 Å². The summed E-state index contributed by atoms with van der Waals surface area (Å²) in [6, 6.07) is 14.3. The molecule has 0 saturated carbocycles. The lowest BCUT2D eigenvalue weighted by molar-refractivity contribution is -0.127. The van der Waals surface area contributed by atoms with Gasteiger partial charge in [-0.15, -0.1) is 0 Å². The summed E-state index contributed by atoms with van der Waals surface area (Å²) < 4.78 is 11.2. The molecule has 1 unspecified atom stereocenters. The molecule has 1 heterocycles. The van der Waals surface area contributed by atoms with Crippen LogP contribution in [-0.4, -0.2) is 22.2 Å². The maximum Gasteiger partial charge on any atom is 0.261 e. The maximum absolute atomic E-state index is 12.5. The first-order valence-electron chi connectivity index (χ1n) is 11.3. The lowest BCUT2D eigenvalue weighted by Crippen LogP contribution is -2.36. The molecule has 2 aromatic carbocycles. The van der Waals surface area contributed by atoms with Gasteiger partial charge in [-0.3, -0.25) is 4.79 Å². The van der Waals surface area contributed by atoms with Gasteiger partial charge in [0.15, 0.2) is 6.10 Å². The van der Waals surface area contributed by atoms with E-state index >= 15 is 0 Å². The molecule has 1 aromatic heterocycles. The fourth-order valence-electron chi connectivity index (χ4n) is 3.91. The number of hydrogen-bond acceptors (Lipinski definition) is 5. The van der Waals surface area contributed by atoms with Crippen molar-refractivity contribution in [1.29, 1.82) is 0 Å². The van der Waals surface area contributed by atoms with E-state index in [-0.39, 0.29) is 17.9 Å². The average Bonchev–Trinajstić information content (AvgIpc) is 3.26. The number of fused-ring (bicyclic) bond motifs is 1. The topological polar surface area (TPSA) is 77.2 Å². The first-order chi connectivity index (χ1) is 15.3. The molecule has 6 heteroatoms. The molecule has 0 spiro atoms. The van der Waals surface area contributed by atoms with Crippen molar-refractivity contribution in [2.45, 2.75) is 71.4 Å². The van der Waals surface area contributed by atoms with E-state index in [0.717, 1.165) is 24.2 Å². The van der Waals surface area contributed by atoms with Crippen LogP contribution in [0.2, 0.25) is 0 Å². The monoisotopic (exact) mass is 433 g/mol. The predicted molar refractivity (Wildman–Crippen MR) is 123 cm³/mol. The molecule has 0 fully saturated rings. The minimum Gasteiger partial charge on any atom is -0.481 e. The summed E-state index contributed by atoms with van der Waals surface area (Å²) in [4.78, 5) is 16.9. The number of nitrogens with one attached hydrogen (secondary N) is 1. The number of nitrogens with zero attached hydrogens (tertiary/aromatic N) is 2. The smallest absolute Gasteiger partial charge is 0.261 e. The van der Waals surface area contributed by atoms with Crippen LogP contribution in [0.25, 0.3) is 11.4 Å². The molecule has 1 aliphatic rings. The summed E-state index contributed by atoms with van der Waals surface area (Å²) >= 11 is 0. The van der Waals surface area contributed by atoms with Crippen molar-refractivity contribution in [3.05, 3.63) is 65.0 Å². The zero-order chi connectivity index (χ0) is 22.7. The summed E-state index contributed by atoms with van der Waals surface area (Å²) in [5.74, 6) is 1.37. The van der Waals surface area contributed by atoms with Gasteiger partial charge in [0.1, 0.15) is 5.75 Å². The molecule has 1 aliphatic carbocycles. The summed E-state index contributed by atoms with van der Waals surface area (Å²) in [7, 11) is 0. The number of carbonyl (C=O) groups is 1. The van der Waals surface area contributed by atoms with Gasteiger partial charge in [0.2, 0.25) is 11.7 Å². The van der Waals surface area contributed by atoms with Crippen LogP contribution in [0.4, 0.5) is 0 Å². The third kappa shape index (κ3) is 5.18. The van der Waals surface area contributed by atoms with E-state index in [9.17, 15) is 4.79 Å². The van der Waals surface area contributed by atoms with E-state index in [1.165, 1.54) is 29.5 Å². The molecule has 1 atom stereocenters. The van der Waals surface area contributed by atoms with Crippen LogP contribution in [0.5, 0.6) is 5.75 Å². The minimum absolute atomic E-state index is 0.0864. The molecule has 1 N–H and O–H groups in total. The third-order valence-electron chi connectivity index (χ3n) is 5.89. The lowest BCUT2D eigenvalue weighted by atomic mass is 9.87. The lowest BCUT2D eigenvalue weighted by Gasteiger charge is -2.19. The Hall–Kier alpha value is -3.15. The third-order valence-corrected chi connectivity index (χ3v) is 5.89. The molecular weight excluding hydrogens is 402 g/mol. The number of ether oxygens (including phenoxy) is 1. The van der Waals surface area contributed by atoms with Gasteiger partial charge in [0, 0.05) is 5.56 Å². The Morgan fingerprint density at radius 3 is 2.53 bits per heavy atom. The fraction of sp³-hybridized carbons (Fsp3) is 0.423. The fourth-order valence-corrected chi connectivity index (χ4v) is 3.91. The molecule has 32 heavy (non-hydrogen) atoms. The van der Waals surface area contributed by atoms with Gasteiger partial charge in [0.25, 0.3) is 5.91 Å². The van der Waals surface area contributed by atoms with Gasteiger partial charge < -0.3 is 14.6 Å². The number of hydrogen-bond donors (Lipinski definition) is 1. The van der Waals surface area contributed by atoms with E-state index in [1.54, 1.807) is 6.92 Å². The van der Waals surface area contributed by atoms with Crippen molar-refractivity contribution in [3.63, 3.8) is 0 Å². The van der Waals surface area contributed by atoms with Crippen LogP contribution in [0.15, 0.2) is 47.0 Å². The van der Waals surface area contributed by atoms with E-state index in [0.29, 0.717) is 11.7 Å². The first kappa shape index (κ1) is 22.1. The number of rotatable bonds is 6. The highest BCUT2D eigenvalue weighted by molar-refractivity contribution is 5.80. The number of aromatic nitrogens is 2. The number of amides is 1. The maximum atomic E-state index is 12.5. The number of aryl methyl sites for hydroxylation is 2. The van der Waals surface area contributed by atoms with Crippen molar-refractivity contribution < 1.29 is 14.1 Å². The standard InChI is InChI=1S/C26H31N3O3/c1-17(31-22-14-11-18-7-5-6-8-20(18)15-22)25(30)27-16-23-28-24(29-32-23)19-9-12-21(13-10-19)26(2,3)4/h9-15,17H,5-8,16H2,1-4H3,(H,27,30). The van der Waals surface area contributed by atoms with Crippen LogP contribution in [-0.2, 0) is 29.6 Å². The molecule has 3 aromatic rings. The second-order valence-electron chi connectivity index (χ2n) is 9.45. The van der Waals surface area contributed by atoms with E-state index in [4.69, 9.17) is 9.26 Å². The highest BCUT2D eigenvalue weighted by Crippen LogP contribution is 2.26. The number of carbonyl (C=O) groups excluding carboxylic acids is 1. The molecule has 168 valence electrons. The molecule has 0 aliphatic heterocycles. The van der Waals surface area contributed by atoms with Crippen LogP contribution >= 0.6 is 0 Å². The summed E-state index contributed by atoms with van der Waals surface area (Å²) in [5.41, 5.74) is 4.92. The summed E-state index contributed by atoms with van der Waals surface area (Å²) in [5, 5.41) is 6.86. The Bertz CT molecular complexity index is 1080. The van der Waals surface area contributed by atoms with Crippen molar-refractivity contribution in [2.75, 3.05) is 0 Å². The Labute approximate surface area is 189 Å².